The molecule has 5 heteroatoms. The molecule has 4 nitrogen and oxygen atoms in total. The van der Waals surface area contributed by atoms with Gasteiger partial charge in [-0.2, -0.15) is 15.3 Å². The molecule has 0 saturated carbocycles. The predicted octanol–water partition coefficient (Wildman–Crippen LogP) is 1.94. The highest BCUT2D eigenvalue weighted by atomic mass is 79.9. The molecule has 66 valence electrons. The molecule has 2 aromatic heterocycles. The lowest BCUT2D eigenvalue weighted by atomic mass is 10.1. The van der Waals surface area contributed by atoms with Gasteiger partial charge in [0.15, 0.2) is 0 Å². The van der Waals surface area contributed by atoms with E-state index < -0.39 is 0 Å². The maximum absolute atomic E-state index is 3.95. The quantitative estimate of drug-likeness (QED) is 0.827. The van der Waals surface area contributed by atoms with Crippen molar-refractivity contribution in [3.05, 3.63) is 28.8 Å². The number of nitrogens with zero attached hydrogens (tertiary/aromatic N) is 3. The molecule has 1 N–H and O–H groups in total. The number of aromatic amines is 1. The third-order valence-electron chi connectivity index (χ3n) is 1.80. The summed E-state index contributed by atoms with van der Waals surface area (Å²) in [6.07, 6.45) is 5.15. The number of aryl methyl sites for hydroxylation is 1. The van der Waals surface area contributed by atoms with Crippen molar-refractivity contribution in [3.63, 3.8) is 0 Å². The molecule has 0 fully saturated rings. The zero-order chi connectivity index (χ0) is 9.26. The normalized spacial score (nSPS) is 10.3. The Morgan fingerprint density at radius 3 is 2.54 bits per heavy atom. The number of aromatic nitrogens is 4. The van der Waals surface area contributed by atoms with Gasteiger partial charge in [0.2, 0.25) is 0 Å². The molecule has 2 rings (SSSR count). The van der Waals surface area contributed by atoms with Crippen LogP contribution >= 0.6 is 15.9 Å². The molecule has 2 heterocycles. The van der Waals surface area contributed by atoms with Crippen LogP contribution in [0.4, 0.5) is 0 Å². The fraction of sp³-hybridized carbons (Fsp3) is 0.125. The van der Waals surface area contributed by atoms with Crippen molar-refractivity contribution in [3.8, 4) is 11.1 Å². The van der Waals surface area contributed by atoms with Crippen molar-refractivity contribution in [2.75, 3.05) is 0 Å². The lowest BCUT2D eigenvalue weighted by molar-refractivity contribution is 1.02. The van der Waals surface area contributed by atoms with Crippen molar-refractivity contribution >= 4 is 15.9 Å². The minimum absolute atomic E-state index is 0.923. The number of halogens is 1. The Morgan fingerprint density at radius 2 is 1.92 bits per heavy atom. The highest BCUT2D eigenvalue weighted by Crippen LogP contribution is 2.27. The molecule has 0 unspecified atom stereocenters. The van der Waals surface area contributed by atoms with E-state index in [9.17, 15) is 0 Å². The molecule has 0 aliphatic heterocycles. The van der Waals surface area contributed by atoms with Gasteiger partial charge in [-0.15, -0.1) is 0 Å². The zero-order valence-electron chi connectivity index (χ0n) is 6.95. The Labute approximate surface area is 83.5 Å². The van der Waals surface area contributed by atoms with E-state index in [4.69, 9.17) is 0 Å². The number of hydrogen-bond donors (Lipinski definition) is 1. The molecular formula is C8H7BrN4. The second kappa shape index (κ2) is 3.26. The Morgan fingerprint density at radius 1 is 1.15 bits per heavy atom. The molecule has 0 aliphatic rings. The Bertz CT molecular complexity index is 424. The van der Waals surface area contributed by atoms with Crippen LogP contribution in [0.1, 0.15) is 5.69 Å². The summed E-state index contributed by atoms with van der Waals surface area (Å²) in [5, 5.41) is 14.4. The van der Waals surface area contributed by atoms with Gasteiger partial charge >= 0.3 is 0 Å². The fourth-order valence-corrected chi connectivity index (χ4v) is 1.53. The number of hydrogen-bond acceptors (Lipinski definition) is 3. The molecule has 2 aromatic rings. The SMILES string of the molecule is Cc1[nH]ncc1-c1cnncc1Br. The van der Waals surface area contributed by atoms with Gasteiger partial charge in [-0.3, -0.25) is 5.10 Å². The van der Waals surface area contributed by atoms with E-state index in [2.05, 4.69) is 36.3 Å². The van der Waals surface area contributed by atoms with Gasteiger partial charge in [0.05, 0.1) is 18.6 Å². The summed E-state index contributed by atoms with van der Waals surface area (Å²) in [5.74, 6) is 0. The summed E-state index contributed by atoms with van der Waals surface area (Å²) in [5.41, 5.74) is 3.07. The van der Waals surface area contributed by atoms with E-state index >= 15 is 0 Å². The van der Waals surface area contributed by atoms with Crippen LogP contribution in [0.15, 0.2) is 23.1 Å². The molecule has 0 saturated heterocycles. The molecule has 0 spiro atoms. The van der Waals surface area contributed by atoms with Gasteiger partial charge in [-0.25, -0.2) is 0 Å². The molecular weight excluding hydrogens is 232 g/mol. The monoisotopic (exact) mass is 238 g/mol. The summed E-state index contributed by atoms with van der Waals surface area (Å²) in [7, 11) is 0. The molecule has 0 aromatic carbocycles. The average Bonchev–Trinajstić information content (AvgIpc) is 2.52. The van der Waals surface area contributed by atoms with E-state index in [1.165, 1.54) is 0 Å². The maximum Gasteiger partial charge on any atom is 0.0644 e. The van der Waals surface area contributed by atoms with Crippen LogP contribution in [-0.2, 0) is 0 Å². The minimum Gasteiger partial charge on any atom is -0.282 e. The maximum atomic E-state index is 3.95. The first-order valence-corrected chi connectivity index (χ1v) is 4.55. The highest BCUT2D eigenvalue weighted by molar-refractivity contribution is 9.10. The number of nitrogens with one attached hydrogen (secondary N) is 1. The second-order valence-electron chi connectivity index (χ2n) is 2.66. The summed E-state index contributed by atoms with van der Waals surface area (Å²) in [6, 6.07) is 0. The molecule has 13 heavy (non-hydrogen) atoms. The van der Waals surface area contributed by atoms with Crippen LogP contribution < -0.4 is 0 Å². The average molecular weight is 239 g/mol. The molecule has 0 amide bonds. The zero-order valence-corrected chi connectivity index (χ0v) is 8.54. The molecule has 0 bridgehead atoms. The van der Waals surface area contributed by atoms with Crippen molar-refractivity contribution in [2.45, 2.75) is 6.92 Å². The summed E-state index contributed by atoms with van der Waals surface area (Å²) in [4.78, 5) is 0. The number of rotatable bonds is 1. The van der Waals surface area contributed by atoms with Crippen molar-refractivity contribution in [2.24, 2.45) is 0 Å². The van der Waals surface area contributed by atoms with Gasteiger partial charge in [0.25, 0.3) is 0 Å². The van der Waals surface area contributed by atoms with E-state index in [1.807, 2.05) is 6.92 Å². The van der Waals surface area contributed by atoms with Crippen LogP contribution in [0.25, 0.3) is 11.1 Å². The topological polar surface area (TPSA) is 54.5 Å². The van der Waals surface area contributed by atoms with E-state index in [1.54, 1.807) is 18.6 Å². The van der Waals surface area contributed by atoms with E-state index in [0.717, 1.165) is 21.3 Å². The van der Waals surface area contributed by atoms with Gasteiger partial charge in [-0.05, 0) is 22.9 Å². The molecule has 0 atom stereocenters. The first-order chi connectivity index (χ1) is 6.29. The van der Waals surface area contributed by atoms with Gasteiger partial charge in [0, 0.05) is 21.3 Å². The number of H-pyrrole nitrogens is 1. The fourth-order valence-electron chi connectivity index (χ4n) is 1.13. The summed E-state index contributed by atoms with van der Waals surface area (Å²) in [6.45, 7) is 1.97. The van der Waals surface area contributed by atoms with Gasteiger partial charge in [0.1, 0.15) is 0 Å². The van der Waals surface area contributed by atoms with Crippen LogP contribution in [0.5, 0.6) is 0 Å². The predicted molar refractivity (Wildman–Crippen MR) is 52.1 cm³/mol. The summed E-state index contributed by atoms with van der Waals surface area (Å²) >= 11 is 3.41. The van der Waals surface area contributed by atoms with Gasteiger partial charge < -0.3 is 0 Å². The highest BCUT2D eigenvalue weighted by Gasteiger charge is 2.07. The van der Waals surface area contributed by atoms with Crippen molar-refractivity contribution < 1.29 is 0 Å². The largest absolute Gasteiger partial charge is 0.282 e. The Kier molecular flexibility index (Phi) is 2.10. The standard InChI is InChI=1S/C8H7BrN4/c1-5-6(2-12-13-5)7-3-10-11-4-8(7)9/h2-4H,1H3,(H,12,13). The molecule has 0 aliphatic carbocycles. The third-order valence-corrected chi connectivity index (χ3v) is 2.43. The molecule has 0 radical (unpaired) electrons. The summed E-state index contributed by atoms with van der Waals surface area (Å²) < 4.78 is 0.923. The minimum atomic E-state index is 0.923. The van der Waals surface area contributed by atoms with Crippen LogP contribution in [0.3, 0.4) is 0 Å². The first-order valence-electron chi connectivity index (χ1n) is 3.75. The van der Waals surface area contributed by atoms with Crippen molar-refractivity contribution in [1.82, 2.24) is 20.4 Å². The smallest absolute Gasteiger partial charge is 0.0644 e. The van der Waals surface area contributed by atoms with Crippen LogP contribution in [0.2, 0.25) is 0 Å². The van der Waals surface area contributed by atoms with Crippen molar-refractivity contribution in [1.29, 1.82) is 0 Å². The Balaban J connectivity index is 2.59. The van der Waals surface area contributed by atoms with E-state index in [-0.39, 0.29) is 0 Å². The second-order valence-corrected chi connectivity index (χ2v) is 3.51. The lowest BCUT2D eigenvalue weighted by Gasteiger charge is -1.99. The lowest BCUT2D eigenvalue weighted by Crippen LogP contribution is -1.85. The van der Waals surface area contributed by atoms with Gasteiger partial charge in [-0.1, -0.05) is 0 Å². The van der Waals surface area contributed by atoms with Crippen LogP contribution in [-0.4, -0.2) is 20.4 Å². The van der Waals surface area contributed by atoms with E-state index in [0.29, 0.717) is 0 Å². The first kappa shape index (κ1) is 8.37. The Hall–Kier alpha value is -1.23. The van der Waals surface area contributed by atoms with Crippen LogP contribution in [0, 0.1) is 6.92 Å². The third kappa shape index (κ3) is 1.47.